The summed E-state index contributed by atoms with van der Waals surface area (Å²) >= 11 is 6.35. The molecule has 0 spiro atoms. The van der Waals surface area contributed by atoms with Gasteiger partial charge in [-0.15, -0.1) is 0 Å². The summed E-state index contributed by atoms with van der Waals surface area (Å²) in [4.78, 5) is 5.21. The Morgan fingerprint density at radius 3 is 2.69 bits per heavy atom. The highest BCUT2D eigenvalue weighted by molar-refractivity contribution is 6.36. The van der Waals surface area contributed by atoms with E-state index in [0.29, 0.717) is 12.1 Å². The molecule has 5 heteroatoms. The van der Waals surface area contributed by atoms with E-state index < -0.39 is 11.6 Å². The first-order valence-corrected chi connectivity index (χ1v) is 8.82. The van der Waals surface area contributed by atoms with Gasteiger partial charge in [0.25, 0.3) is 0 Å². The van der Waals surface area contributed by atoms with Crippen molar-refractivity contribution in [1.29, 1.82) is 0 Å². The van der Waals surface area contributed by atoms with Crippen LogP contribution in [0.4, 0.5) is 8.78 Å². The number of fused-ring (bicyclic) bond motifs is 1. The number of aromatic amines is 1. The molecule has 136 valence electrons. The third-order valence-corrected chi connectivity index (χ3v) is 5.19. The molecule has 2 nitrogen and oxygen atoms in total. The predicted molar refractivity (Wildman–Crippen MR) is 103 cm³/mol. The molecule has 2 aromatic carbocycles. The van der Waals surface area contributed by atoms with E-state index in [1.165, 1.54) is 11.6 Å². The average Bonchev–Trinajstić information content (AvgIpc) is 3.03. The van der Waals surface area contributed by atoms with Crippen molar-refractivity contribution in [3.63, 3.8) is 0 Å². The minimum atomic E-state index is -0.830. The number of benzene rings is 2. The lowest BCUT2D eigenvalue weighted by molar-refractivity contribution is 0.394. The Balaban J connectivity index is 1.65. The Morgan fingerprint density at radius 2 is 1.96 bits per heavy atom. The van der Waals surface area contributed by atoms with E-state index in [-0.39, 0.29) is 0 Å². The first kappa shape index (κ1) is 18.5. The van der Waals surface area contributed by atoms with Crippen molar-refractivity contribution in [2.75, 3.05) is 7.05 Å². The zero-order valence-corrected chi connectivity index (χ0v) is 15.6. The maximum atomic E-state index is 13.3. The number of allylic oxidation sites excluding steroid dienone is 1. The Bertz CT molecular complexity index is 962. The molecule has 0 aliphatic heterocycles. The van der Waals surface area contributed by atoms with E-state index in [4.69, 9.17) is 11.6 Å². The van der Waals surface area contributed by atoms with E-state index in [0.717, 1.165) is 46.1 Å². The van der Waals surface area contributed by atoms with Crippen LogP contribution in [-0.4, -0.2) is 16.9 Å². The van der Waals surface area contributed by atoms with Crippen molar-refractivity contribution in [3.05, 3.63) is 82.2 Å². The topological polar surface area (TPSA) is 19.0 Å². The second kappa shape index (κ2) is 7.50. The Labute approximate surface area is 157 Å². The fourth-order valence-electron chi connectivity index (χ4n) is 3.03. The number of halogens is 3. The molecule has 0 fully saturated rings. The first-order valence-electron chi connectivity index (χ1n) is 8.44. The van der Waals surface area contributed by atoms with Crippen LogP contribution in [0.3, 0.4) is 0 Å². The molecule has 26 heavy (non-hydrogen) atoms. The van der Waals surface area contributed by atoms with Crippen LogP contribution in [0.5, 0.6) is 0 Å². The third kappa shape index (κ3) is 3.75. The van der Waals surface area contributed by atoms with Crippen LogP contribution in [0, 0.1) is 18.6 Å². The summed E-state index contributed by atoms with van der Waals surface area (Å²) in [5.74, 6) is -1.66. The Kier molecular flexibility index (Phi) is 5.33. The van der Waals surface area contributed by atoms with Crippen molar-refractivity contribution in [2.24, 2.45) is 0 Å². The van der Waals surface area contributed by atoms with Gasteiger partial charge in [-0.3, -0.25) is 0 Å². The van der Waals surface area contributed by atoms with Crippen LogP contribution in [0.15, 0.2) is 48.8 Å². The van der Waals surface area contributed by atoms with E-state index in [1.807, 2.05) is 31.1 Å². The molecule has 0 saturated heterocycles. The van der Waals surface area contributed by atoms with E-state index in [2.05, 4.69) is 17.6 Å². The zero-order valence-electron chi connectivity index (χ0n) is 14.9. The van der Waals surface area contributed by atoms with Gasteiger partial charge in [-0.25, -0.2) is 8.78 Å². The van der Waals surface area contributed by atoms with Gasteiger partial charge in [0.1, 0.15) is 0 Å². The van der Waals surface area contributed by atoms with Gasteiger partial charge < -0.3 is 9.88 Å². The maximum absolute atomic E-state index is 13.3. The minimum Gasteiger partial charge on any atom is -0.374 e. The molecule has 3 rings (SSSR count). The molecule has 1 heterocycles. The molecule has 0 aliphatic carbocycles. The van der Waals surface area contributed by atoms with Crippen LogP contribution < -0.4 is 0 Å². The quantitative estimate of drug-likeness (QED) is 0.561. The Hall–Kier alpha value is -2.33. The van der Waals surface area contributed by atoms with Gasteiger partial charge in [-0.1, -0.05) is 36.4 Å². The Morgan fingerprint density at radius 1 is 1.19 bits per heavy atom. The van der Waals surface area contributed by atoms with Crippen LogP contribution in [0.1, 0.15) is 23.1 Å². The van der Waals surface area contributed by atoms with Crippen LogP contribution >= 0.6 is 11.6 Å². The summed E-state index contributed by atoms with van der Waals surface area (Å²) in [5.41, 5.74) is 4.83. The largest absolute Gasteiger partial charge is 0.374 e. The number of nitrogens with zero attached hydrogens (tertiary/aromatic N) is 1. The fraction of sp³-hybridized carbons (Fsp3) is 0.238. The highest BCUT2D eigenvalue weighted by Gasteiger charge is 2.11. The van der Waals surface area contributed by atoms with E-state index in [1.54, 1.807) is 6.07 Å². The molecular weight excluding hydrogens is 354 g/mol. The number of aromatic nitrogens is 1. The number of rotatable bonds is 6. The standard InChI is InChI=1S/C21H21ClF2N2/c1-13-4-8-17-16(11-25-21(17)20(13)22)7-5-14(2)26(3)12-15-6-9-18(23)19(24)10-15/h4,6,8-11,25H,2,5,7,12H2,1,3H3. The van der Waals surface area contributed by atoms with Gasteiger partial charge in [0.2, 0.25) is 0 Å². The lowest BCUT2D eigenvalue weighted by atomic mass is 10.1. The molecule has 0 amide bonds. The lowest BCUT2D eigenvalue weighted by Crippen LogP contribution is -2.17. The molecule has 0 radical (unpaired) electrons. The highest BCUT2D eigenvalue weighted by atomic mass is 35.5. The van der Waals surface area contributed by atoms with Crippen LogP contribution in [0.25, 0.3) is 10.9 Å². The summed E-state index contributed by atoms with van der Waals surface area (Å²) < 4.78 is 26.4. The van der Waals surface area contributed by atoms with Gasteiger partial charge in [-0.2, -0.15) is 0 Å². The maximum Gasteiger partial charge on any atom is 0.159 e. The van der Waals surface area contributed by atoms with Crippen molar-refractivity contribution in [1.82, 2.24) is 9.88 Å². The number of hydrogen-bond donors (Lipinski definition) is 1. The monoisotopic (exact) mass is 374 g/mol. The second-order valence-electron chi connectivity index (χ2n) is 6.60. The molecule has 0 aliphatic rings. The molecular formula is C21H21ClF2N2. The third-order valence-electron chi connectivity index (χ3n) is 4.70. The smallest absolute Gasteiger partial charge is 0.159 e. The van der Waals surface area contributed by atoms with Crippen LogP contribution in [-0.2, 0) is 13.0 Å². The second-order valence-corrected chi connectivity index (χ2v) is 6.98. The summed E-state index contributed by atoms with van der Waals surface area (Å²) in [5, 5.41) is 1.87. The molecule has 1 N–H and O–H groups in total. The van der Waals surface area contributed by atoms with Gasteiger partial charge in [0.05, 0.1) is 10.5 Å². The highest BCUT2D eigenvalue weighted by Crippen LogP contribution is 2.29. The van der Waals surface area contributed by atoms with Gasteiger partial charge >= 0.3 is 0 Å². The van der Waals surface area contributed by atoms with Crippen molar-refractivity contribution >= 4 is 22.5 Å². The molecule has 0 unspecified atom stereocenters. The molecule has 3 aromatic rings. The summed E-state index contributed by atoms with van der Waals surface area (Å²) in [7, 11) is 1.90. The molecule has 0 atom stereocenters. The van der Waals surface area contributed by atoms with Gasteiger partial charge in [0, 0.05) is 30.9 Å². The summed E-state index contributed by atoms with van der Waals surface area (Å²) in [6, 6.07) is 8.07. The van der Waals surface area contributed by atoms with Crippen LogP contribution in [0.2, 0.25) is 5.02 Å². The zero-order chi connectivity index (χ0) is 18.8. The van der Waals surface area contributed by atoms with E-state index >= 15 is 0 Å². The summed E-state index contributed by atoms with van der Waals surface area (Å²) in [6.45, 7) is 6.59. The van der Waals surface area contributed by atoms with Crippen molar-refractivity contribution in [3.8, 4) is 0 Å². The lowest BCUT2D eigenvalue weighted by Gasteiger charge is -2.22. The molecule has 0 bridgehead atoms. The number of H-pyrrole nitrogens is 1. The fourth-order valence-corrected chi connectivity index (χ4v) is 3.25. The number of nitrogens with one attached hydrogen (secondary N) is 1. The normalized spacial score (nSPS) is 11.1. The van der Waals surface area contributed by atoms with Gasteiger partial charge in [0.15, 0.2) is 11.6 Å². The van der Waals surface area contributed by atoms with E-state index in [9.17, 15) is 8.78 Å². The minimum absolute atomic E-state index is 0.481. The van der Waals surface area contributed by atoms with Crippen molar-refractivity contribution in [2.45, 2.75) is 26.3 Å². The number of aryl methyl sites for hydroxylation is 2. The molecule has 1 aromatic heterocycles. The van der Waals surface area contributed by atoms with Gasteiger partial charge in [-0.05, 0) is 48.6 Å². The van der Waals surface area contributed by atoms with Crippen molar-refractivity contribution < 1.29 is 8.78 Å². The summed E-state index contributed by atoms with van der Waals surface area (Å²) in [6.07, 6.45) is 3.57. The predicted octanol–water partition coefficient (Wildman–Crippen LogP) is 5.99. The first-order chi connectivity index (χ1) is 12.4. The molecule has 0 saturated carbocycles. The SMILES string of the molecule is C=C(CCc1c[nH]c2c(Cl)c(C)ccc12)N(C)Cc1ccc(F)c(F)c1. The average molecular weight is 375 g/mol. The number of hydrogen-bond acceptors (Lipinski definition) is 1.